The van der Waals surface area contributed by atoms with E-state index in [2.05, 4.69) is 20.8 Å². The molecule has 2 rings (SSSR count). The van der Waals surface area contributed by atoms with E-state index in [-0.39, 0.29) is 6.04 Å². The van der Waals surface area contributed by atoms with E-state index in [1.165, 1.54) is 6.07 Å². The summed E-state index contributed by atoms with van der Waals surface area (Å²) in [5, 5.41) is 0. The second kappa shape index (κ2) is 5.92. The van der Waals surface area contributed by atoms with Gasteiger partial charge in [-0.2, -0.15) is 13.2 Å². The Labute approximate surface area is 123 Å². The first-order chi connectivity index (χ1) is 8.93. The van der Waals surface area contributed by atoms with Crippen molar-refractivity contribution in [3.05, 3.63) is 28.2 Å². The molecule has 0 amide bonds. The van der Waals surface area contributed by atoms with E-state index < -0.39 is 11.7 Å². The van der Waals surface area contributed by atoms with Crippen molar-refractivity contribution >= 4 is 33.2 Å². The van der Waals surface area contributed by atoms with Crippen LogP contribution < -0.4 is 4.90 Å². The molecule has 0 radical (unpaired) electrons. The highest BCUT2D eigenvalue weighted by Crippen LogP contribution is 2.37. The van der Waals surface area contributed by atoms with Gasteiger partial charge in [-0.15, -0.1) is 11.6 Å². The van der Waals surface area contributed by atoms with E-state index in [0.29, 0.717) is 10.4 Å². The molecule has 1 atom stereocenters. The third-order valence-corrected chi connectivity index (χ3v) is 4.38. The summed E-state index contributed by atoms with van der Waals surface area (Å²) in [4.78, 5) is 2.10. The van der Waals surface area contributed by atoms with Crippen molar-refractivity contribution in [1.82, 2.24) is 0 Å². The molecule has 19 heavy (non-hydrogen) atoms. The number of rotatable bonds is 2. The van der Waals surface area contributed by atoms with Gasteiger partial charge < -0.3 is 4.90 Å². The molecule has 0 aliphatic carbocycles. The van der Waals surface area contributed by atoms with Crippen molar-refractivity contribution in [3.63, 3.8) is 0 Å². The largest absolute Gasteiger partial charge is 0.416 e. The van der Waals surface area contributed by atoms with Crippen molar-refractivity contribution in [2.45, 2.75) is 31.5 Å². The highest BCUT2D eigenvalue weighted by Gasteiger charge is 2.32. The SMILES string of the molecule is FC(F)(F)c1ccc(N2CCCCC2CCl)c(Br)c1. The van der Waals surface area contributed by atoms with Gasteiger partial charge in [-0.05, 0) is 53.4 Å². The average Bonchev–Trinajstić information content (AvgIpc) is 2.37. The molecule has 1 aromatic carbocycles. The van der Waals surface area contributed by atoms with Crippen molar-refractivity contribution in [1.29, 1.82) is 0 Å². The van der Waals surface area contributed by atoms with E-state index in [9.17, 15) is 13.2 Å². The third-order valence-electron chi connectivity index (χ3n) is 3.39. The fourth-order valence-electron chi connectivity index (χ4n) is 2.39. The molecular weight excluding hydrogens is 343 g/mol. The van der Waals surface area contributed by atoms with E-state index in [1.54, 1.807) is 0 Å². The molecule has 1 aliphatic heterocycles. The number of alkyl halides is 4. The Balaban J connectivity index is 2.30. The summed E-state index contributed by atoms with van der Waals surface area (Å²) >= 11 is 9.19. The topological polar surface area (TPSA) is 3.24 Å². The Morgan fingerprint density at radius 1 is 1.32 bits per heavy atom. The molecule has 1 nitrogen and oxygen atoms in total. The van der Waals surface area contributed by atoms with Gasteiger partial charge >= 0.3 is 6.18 Å². The van der Waals surface area contributed by atoms with Crippen molar-refractivity contribution in [2.75, 3.05) is 17.3 Å². The van der Waals surface area contributed by atoms with Gasteiger partial charge in [0.1, 0.15) is 0 Å². The van der Waals surface area contributed by atoms with Crippen LogP contribution in [0.1, 0.15) is 24.8 Å². The maximum absolute atomic E-state index is 12.6. The number of benzene rings is 1. The lowest BCUT2D eigenvalue weighted by molar-refractivity contribution is -0.137. The Morgan fingerprint density at radius 2 is 2.05 bits per heavy atom. The first-order valence-electron chi connectivity index (χ1n) is 6.13. The van der Waals surface area contributed by atoms with Crippen molar-refractivity contribution in [2.24, 2.45) is 0 Å². The molecule has 106 valence electrons. The van der Waals surface area contributed by atoms with Gasteiger partial charge in [-0.3, -0.25) is 0 Å². The molecule has 0 bridgehead atoms. The van der Waals surface area contributed by atoms with Crippen LogP contribution in [0.25, 0.3) is 0 Å². The standard InChI is InChI=1S/C13H14BrClF3N/c14-11-7-9(13(16,17)18)4-5-12(11)19-6-2-1-3-10(19)8-15/h4-5,7,10H,1-3,6,8H2. The minimum absolute atomic E-state index is 0.198. The highest BCUT2D eigenvalue weighted by atomic mass is 79.9. The van der Waals surface area contributed by atoms with E-state index >= 15 is 0 Å². The lowest BCUT2D eigenvalue weighted by Crippen LogP contribution is -2.41. The molecule has 1 saturated heterocycles. The average molecular weight is 357 g/mol. The molecule has 1 unspecified atom stereocenters. The van der Waals surface area contributed by atoms with Crippen LogP contribution in [0.5, 0.6) is 0 Å². The zero-order chi connectivity index (χ0) is 14.0. The van der Waals surface area contributed by atoms with Gasteiger partial charge in [-0.1, -0.05) is 0 Å². The normalized spacial score (nSPS) is 20.7. The van der Waals surface area contributed by atoms with Gasteiger partial charge in [0.2, 0.25) is 0 Å². The predicted molar refractivity (Wildman–Crippen MR) is 74.8 cm³/mol. The second-order valence-corrected chi connectivity index (χ2v) is 5.82. The van der Waals surface area contributed by atoms with E-state index in [4.69, 9.17) is 11.6 Å². The summed E-state index contributed by atoms with van der Waals surface area (Å²) in [6.07, 6.45) is -1.17. The van der Waals surface area contributed by atoms with E-state index in [1.807, 2.05) is 0 Å². The molecule has 1 fully saturated rings. The van der Waals surface area contributed by atoms with Crippen LogP contribution in [0.3, 0.4) is 0 Å². The number of piperidine rings is 1. The van der Waals surface area contributed by atoms with Crippen LogP contribution in [-0.2, 0) is 6.18 Å². The van der Waals surface area contributed by atoms with Gasteiger partial charge in [0.25, 0.3) is 0 Å². The third kappa shape index (κ3) is 3.37. The first kappa shape index (κ1) is 15.0. The molecule has 0 aromatic heterocycles. The lowest BCUT2D eigenvalue weighted by Gasteiger charge is -2.37. The van der Waals surface area contributed by atoms with Crippen LogP contribution in [0.4, 0.5) is 18.9 Å². The van der Waals surface area contributed by atoms with Crippen LogP contribution in [-0.4, -0.2) is 18.5 Å². The number of nitrogens with zero attached hydrogens (tertiary/aromatic N) is 1. The summed E-state index contributed by atoms with van der Waals surface area (Å²) in [6.45, 7) is 0.835. The molecule has 0 saturated carbocycles. The van der Waals surface area contributed by atoms with Crippen molar-refractivity contribution in [3.8, 4) is 0 Å². The molecular formula is C13H14BrClF3N. The first-order valence-corrected chi connectivity index (χ1v) is 7.45. The number of hydrogen-bond donors (Lipinski definition) is 0. The van der Waals surface area contributed by atoms with Crippen LogP contribution in [0.2, 0.25) is 0 Å². The van der Waals surface area contributed by atoms with Crippen LogP contribution in [0.15, 0.2) is 22.7 Å². The molecule has 0 N–H and O–H groups in total. The minimum Gasteiger partial charge on any atom is -0.366 e. The van der Waals surface area contributed by atoms with Crippen LogP contribution >= 0.6 is 27.5 Å². The van der Waals surface area contributed by atoms with Crippen LogP contribution in [0, 0.1) is 0 Å². The maximum atomic E-state index is 12.6. The zero-order valence-electron chi connectivity index (χ0n) is 10.2. The fraction of sp³-hybridized carbons (Fsp3) is 0.538. The van der Waals surface area contributed by atoms with Gasteiger partial charge in [0.05, 0.1) is 11.3 Å². The lowest BCUT2D eigenvalue weighted by atomic mass is 10.0. The summed E-state index contributed by atoms with van der Waals surface area (Å²) in [7, 11) is 0. The number of anilines is 1. The number of halogens is 5. The van der Waals surface area contributed by atoms with Gasteiger partial charge in [-0.25, -0.2) is 0 Å². The summed E-state index contributed by atoms with van der Waals surface area (Å²) in [6, 6.07) is 3.98. The van der Waals surface area contributed by atoms with Crippen molar-refractivity contribution < 1.29 is 13.2 Å². The Hall–Kier alpha value is -0.420. The smallest absolute Gasteiger partial charge is 0.366 e. The molecule has 6 heteroatoms. The summed E-state index contributed by atoms with van der Waals surface area (Å²) < 4.78 is 38.4. The van der Waals surface area contributed by atoms with E-state index in [0.717, 1.165) is 43.6 Å². The van der Waals surface area contributed by atoms with Gasteiger partial charge in [0.15, 0.2) is 0 Å². The highest BCUT2D eigenvalue weighted by molar-refractivity contribution is 9.10. The molecule has 1 aromatic rings. The zero-order valence-corrected chi connectivity index (χ0v) is 12.5. The second-order valence-electron chi connectivity index (χ2n) is 4.66. The van der Waals surface area contributed by atoms with Gasteiger partial charge in [0, 0.05) is 22.9 Å². The predicted octanol–water partition coefficient (Wildman–Crippen LogP) is 5.07. The maximum Gasteiger partial charge on any atom is 0.416 e. The molecule has 1 heterocycles. The minimum atomic E-state index is -4.31. The summed E-state index contributed by atoms with van der Waals surface area (Å²) in [5.41, 5.74) is 0.154. The monoisotopic (exact) mass is 355 g/mol. The fourth-order valence-corrected chi connectivity index (χ4v) is 3.32. The molecule has 1 aliphatic rings. The summed E-state index contributed by atoms with van der Waals surface area (Å²) in [5.74, 6) is 0.494. The molecule has 0 spiro atoms. The number of hydrogen-bond acceptors (Lipinski definition) is 1. The Bertz CT molecular complexity index is 450. The Morgan fingerprint density at radius 3 is 2.63 bits per heavy atom. The quantitative estimate of drug-likeness (QED) is 0.669. The Kier molecular flexibility index (Phi) is 4.66.